The molecular formula is C15H17NO2S. The highest BCUT2D eigenvalue weighted by Gasteiger charge is 2.04. The van der Waals surface area contributed by atoms with Crippen molar-refractivity contribution in [3.05, 3.63) is 46.0 Å². The van der Waals surface area contributed by atoms with Gasteiger partial charge in [-0.3, -0.25) is 4.90 Å². The minimum Gasteiger partial charge on any atom is -0.472 e. The van der Waals surface area contributed by atoms with Crippen molar-refractivity contribution in [1.29, 1.82) is 0 Å². The third-order valence-electron chi connectivity index (χ3n) is 2.58. The van der Waals surface area contributed by atoms with E-state index in [1.165, 1.54) is 10.4 Å². The molecule has 19 heavy (non-hydrogen) atoms. The van der Waals surface area contributed by atoms with Crippen molar-refractivity contribution in [2.24, 2.45) is 0 Å². The topological polar surface area (TPSA) is 36.6 Å². The van der Waals surface area contributed by atoms with Crippen molar-refractivity contribution >= 4 is 11.3 Å². The summed E-state index contributed by atoms with van der Waals surface area (Å²) in [5.41, 5.74) is 2.21. The van der Waals surface area contributed by atoms with Crippen LogP contribution in [0.15, 0.2) is 34.5 Å². The SMILES string of the molecule is CN(Cc1ccoc1)Cc1cc(C#CCCO)cs1. The number of nitrogens with zero attached hydrogens (tertiary/aromatic N) is 1. The molecule has 0 bridgehead atoms. The predicted octanol–water partition coefficient (Wildman–Crippen LogP) is 2.71. The lowest BCUT2D eigenvalue weighted by Gasteiger charge is -2.13. The summed E-state index contributed by atoms with van der Waals surface area (Å²) in [5.74, 6) is 5.99. The van der Waals surface area contributed by atoms with Crippen LogP contribution >= 0.6 is 11.3 Å². The first-order valence-electron chi connectivity index (χ1n) is 6.14. The molecule has 0 atom stereocenters. The van der Waals surface area contributed by atoms with E-state index in [1.54, 1.807) is 23.9 Å². The van der Waals surface area contributed by atoms with Crippen molar-refractivity contribution in [2.75, 3.05) is 13.7 Å². The lowest BCUT2D eigenvalue weighted by atomic mass is 10.3. The van der Waals surface area contributed by atoms with Crippen LogP contribution in [0.1, 0.15) is 22.4 Å². The van der Waals surface area contributed by atoms with E-state index in [1.807, 2.05) is 6.07 Å². The normalized spacial score (nSPS) is 10.5. The second kappa shape index (κ2) is 7.15. The Bertz CT molecular complexity index is 548. The Morgan fingerprint density at radius 2 is 2.32 bits per heavy atom. The van der Waals surface area contributed by atoms with Crippen LogP contribution in [-0.4, -0.2) is 23.7 Å². The first-order chi connectivity index (χ1) is 9.28. The third kappa shape index (κ3) is 4.56. The van der Waals surface area contributed by atoms with Gasteiger partial charge >= 0.3 is 0 Å². The molecule has 0 aromatic carbocycles. The Morgan fingerprint density at radius 3 is 3.05 bits per heavy atom. The quantitative estimate of drug-likeness (QED) is 0.852. The Kier molecular flexibility index (Phi) is 5.22. The standard InChI is InChI=1S/C15H17NO2S/c1-16(9-14-5-7-18-11-14)10-15-8-13(12-19-15)4-2-3-6-17/h5,7-8,11-12,17H,3,6,9-10H2,1H3. The Labute approximate surface area is 117 Å². The van der Waals surface area contributed by atoms with Crippen molar-refractivity contribution < 1.29 is 9.52 Å². The summed E-state index contributed by atoms with van der Waals surface area (Å²) in [6, 6.07) is 4.09. The molecule has 0 saturated heterocycles. The van der Waals surface area contributed by atoms with Gasteiger partial charge in [0.25, 0.3) is 0 Å². The summed E-state index contributed by atoms with van der Waals surface area (Å²) < 4.78 is 5.06. The van der Waals surface area contributed by atoms with Crippen molar-refractivity contribution in [3.8, 4) is 11.8 Å². The van der Waals surface area contributed by atoms with Crippen LogP contribution in [0.4, 0.5) is 0 Å². The highest BCUT2D eigenvalue weighted by atomic mass is 32.1. The van der Waals surface area contributed by atoms with Crippen LogP contribution in [0.5, 0.6) is 0 Å². The molecule has 100 valence electrons. The third-order valence-corrected chi connectivity index (χ3v) is 3.50. The largest absolute Gasteiger partial charge is 0.472 e. The molecule has 0 aliphatic heterocycles. The highest BCUT2D eigenvalue weighted by molar-refractivity contribution is 7.10. The summed E-state index contributed by atoms with van der Waals surface area (Å²) in [6.45, 7) is 1.90. The fourth-order valence-electron chi connectivity index (χ4n) is 1.77. The van der Waals surface area contributed by atoms with Gasteiger partial charge < -0.3 is 9.52 Å². The number of hydrogen-bond donors (Lipinski definition) is 1. The molecule has 0 fully saturated rings. The van der Waals surface area contributed by atoms with Crippen LogP contribution in [0.2, 0.25) is 0 Å². The average molecular weight is 275 g/mol. The van der Waals surface area contributed by atoms with Gasteiger partial charge in [-0.25, -0.2) is 0 Å². The molecule has 2 aromatic rings. The summed E-state index contributed by atoms with van der Waals surface area (Å²) >= 11 is 1.72. The molecule has 1 N–H and O–H groups in total. The second-order valence-corrected chi connectivity index (χ2v) is 5.38. The summed E-state index contributed by atoms with van der Waals surface area (Å²) in [4.78, 5) is 3.53. The van der Waals surface area contributed by atoms with Crippen LogP contribution in [0.25, 0.3) is 0 Å². The zero-order valence-electron chi connectivity index (χ0n) is 10.9. The van der Waals surface area contributed by atoms with E-state index < -0.39 is 0 Å². The molecule has 0 aliphatic rings. The second-order valence-electron chi connectivity index (χ2n) is 4.38. The van der Waals surface area contributed by atoms with Crippen LogP contribution < -0.4 is 0 Å². The van der Waals surface area contributed by atoms with Crippen molar-refractivity contribution in [2.45, 2.75) is 19.5 Å². The van der Waals surface area contributed by atoms with Crippen molar-refractivity contribution in [1.82, 2.24) is 4.90 Å². The Balaban J connectivity index is 1.87. The van der Waals surface area contributed by atoms with E-state index in [0.29, 0.717) is 6.42 Å². The van der Waals surface area contributed by atoms with E-state index in [2.05, 4.69) is 35.2 Å². The first-order valence-corrected chi connectivity index (χ1v) is 7.02. The van der Waals surface area contributed by atoms with Gasteiger partial charge in [0.1, 0.15) is 0 Å². The van der Waals surface area contributed by atoms with E-state index in [-0.39, 0.29) is 6.61 Å². The predicted molar refractivity (Wildman–Crippen MR) is 76.8 cm³/mol. The number of hydrogen-bond acceptors (Lipinski definition) is 4. The molecule has 0 aliphatic carbocycles. The molecule has 4 heteroatoms. The van der Waals surface area contributed by atoms with Gasteiger partial charge in [0, 0.05) is 40.9 Å². The molecule has 0 saturated carbocycles. The molecule has 0 amide bonds. The number of furan rings is 1. The maximum Gasteiger partial charge on any atom is 0.0947 e. The van der Waals surface area contributed by atoms with Gasteiger partial charge in [-0.15, -0.1) is 11.3 Å². The molecule has 2 rings (SSSR count). The van der Waals surface area contributed by atoms with Gasteiger partial charge in [-0.05, 0) is 19.2 Å². The van der Waals surface area contributed by atoms with E-state index >= 15 is 0 Å². The zero-order valence-corrected chi connectivity index (χ0v) is 11.7. The molecule has 3 nitrogen and oxygen atoms in total. The smallest absolute Gasteiger partial charge is 0.0947 e. The zero-order chi connectivity index (χ0) is 13.5. The lowest BCUT2D eigenvalue weighted by Crippen LogP contribution is -2.15. The fourth-order valence-corrected chi connectivity index (χ4v) is 2.66. The Morgan fingerprint density at radius 1 is 1.42 bits per heavy atom. The van der Waals surface area contributed by atoms with Gasteiger partial charge in [-0.2, -0.15) is 0 Å². The molecule has 2 aromatic heterocycles. The van der Waals surface area contributed by atoms with Crippen LogP contribution in [0, 0.1) is 11.8 Å². The highest BCUT2D eigenvalue weighted by Crippen LogP contribution is 2.16. The molecule has 2 heterocycles. The van der Waals surface area contributed by atoms with E-state index in [0.717, 1.165) is 18.7 Å². The van der Waals surface area contributed by atoms with Gasteiger partial charge in [-0.1, -0.05) is 11.8 Å². The number of aliphatic hydroxyl groups excluding tert-OH is 1. The van der Waals surface area contributed by atoms with Gasteiger partial charge in [0.15, 0.2) is 0 Å². The molecule has 0 spiro atoms. The number of thiophene rings is 1. The van der Waals surface area contributed by atoms with Crippen molar-refractivity contribution in [3.63, 3.8) is 0 Å². The molecular weight excluding hydrogens is 258 g/mol. The number of aliphatic hydroxyl groups is 1. The lowest BCUT2D eigenvalue weighted by molar-refractivity contribution is 0.305. The summed E-state index contributed by atoms with van der Waals surface area (Å²) in [6.07, 6.45) is 4.01. The van der Waals surface area contributed by atoms with Gasteiger partial charge in [0.05, 0.1) is 19.1 Å². The molecule has 0 unspecified atom stereocenters. The van der Waals surface area contributed by atoms with E-state index in [9.17, 15) is 0 Å². The summed E-state index contributed by atoms with van der Waals surface area (Å²) in [5, 5.41) is 10.7. The maximum absolute atomic E-state index is 8.68. The van der Waals surface area contributed by atoms with Gasteiger partial charge in [0.2, 0.25) is 0 Å². The summed E-state index contributed by atoms with van der Waals surface area (Å²) in [7, 11) is 2.09. The van der Waals surface area contributed by atoms with Crippen LogP contribution in [0.3, 0.4) is 0 Å². The minimum absolute atomic E-state index is 0.122. The minimum atomic E-state index is 0.122. The first kappa shape index (κ1) is 13.9. The number of rotatable bonds is 5. The van der Waals surface area contributed by atoms with E-state index in [4.69, 9.17) is 9.52 Å². The Hall–Kier alpha value is -1.54. The maximum atomic E-state index is 8.68. The fraction of sp³-hybridized carbons (Fsp3) is 0.333. The molecule has 0 radical (unpaired) electrons. The monoisotopic (exact) mass is 275 g/mol. The van der Waals surface area contributed by atoms with Crippen LogP contribution in [-0.2, 0) is 13.1 Å². The average Bonchev–Trinajstić information content (AvgIpc) is 3.02.